The summed E-state index contributed by atoms with van der Waals surface area (Å²) in [5.41, 5.74) is -0.180. The lowest BCUT2D eigenvalue weighted by atomic mass is 10.1. The highest BCUT2D eigenvalue weighted by atomic mass is 32.1. The molecule has 5 aromatic rings. The molecular formula is C34H45NO2S4. The molecule has 0 aromatic carbocycles. The highest BCUT2D eigenvalue weighted by Crippen LogP contribution is 2.45. The monoisotopic (exact) mass is 627 g/mol. The van der Waals surface area contributed by atoms with Gasteiger partial charge in [0.25, 0.3) is 11.1 Å². The quantitative estimate of drug-likeness (QED) is 0.0962. The van der Waals surface area contributed by atoms with E-state index in [-0.39, 0.29) is 17.2 Å². The number of thiophene rings is 4. The summed E-state index contributed by atoms with van der Waals surface area (Å²) in [6.07, 6.45) is 20.0. The van der Waals surface area contributed by atoms with Crippen molar-refractivity contribution in [3.63, 3.8) is 0 Å². The van der Waals surface area contributed by atoms with E-state index in [2.05, 4.69) is 38.3 Å². The second kappa shape index (κ2) is 14.8. The molecule has 41 heavy (non-hydrogen) atoms. The summed E-state index contributed by atoms with van der Waals surface area (Å²) in [7, 11) is 0. The molecular weight excluding hydrogens is 583 g/mol. The molecule has 7 heteroatoms. The molecule has 0 amide bonds. The average molecular weight is 628 g/mol. The number of hydrogen-bond acceptors (Lipinski definition) is 6. The third kappa shape index (κ3) is 6.84. The molecule has 1 unspecified atom stereocenters. The lowest BCUT2D eigenvalue weighted by molar-refractivity contribution is 0.457. The van der Waals surface area contributed by atoms with Gasteiger partial charge in [-0.05, 0) is 43.7 Å². The number of aromatic nitrogens is 1. The summed E-state index contributed by atoms with van der Waals surface area (Å²) in [4.78, 5) is 29.8. The zero-order valence-corrected chi connectivity index (χ0v) is 28.3. The van der Waals surface area contributed by atoms with E-state index in [0.29, 0.717) is 0 Å². The van der Waals surface area contributed by atoms with E-state index in [1.165, 1.54) is 86.6 Å². The predicted octanol–water partition coefficient (Wildman–Crippen LogP) is 12.1. The van der Waals surface area contributed by atoms with Gasteiger partial charge in [0.05, 0.1) is 29.6 Å². The van der Waals surface area contributed by atoms with Crippen LogP contribution in [0.1, 0.15) is 128 Å². The van der Waals surface area contributed by atoms with Crippen LogP contribution in [0.4, 0.5) is 0 Å². The molecule has 5 rings (SSSR count). The maximum absolute atomic E-state index is 14.3. The summed E-state index contributed by atoms with van der Waals surface area (Å²) >= 11 is 6.83. The van der Waals surface area contributed by atoms with Crippen molar-refractivity contribution in [3.8, 4) is 0 Å². The van der Waals surface area contributed by atoms with Crippen LogP contribution < -0.4 is 11.1 Å². The Morgan fingerprint density at radius 3 is 1.88 bits per heavy atom. The van der Waals surface area contributed by atoms with Crippen LogP contribution in [0, 0.1) is 0 Å². The SMILES string of the molecule is CCCCCCCCCCCCc1cc2sc3c4sc5ccsc5c4c(=O)n(C(C)CCCCCC)c(=O)c3c2s1. The van der Waals surface area contributed by atoms with Gasteiger partial charge in [0.2, 0.25) is 0 Å². The van der Waals surface area contributed by atoms with E-state index in [1.54, 1.807) is 49.9 Å². The number of rotatable bonds is 17. The van der Waals surface area contributed by atoms with Gasteiger partial charge in [-0.15, -0.1) is 45.3 Å². The summed E-state index contributed by atoms with van der Waals surface area (Å²) in [5, 5.41) is 3.60. The smallest absolute Gasteiger partial charge is 0.263 e. The highest BCUT2D eigenvalue weighted by Gasteiger charge is 2.23. The Morgan fingerprint density at radius 1 is 0.659 bits per heavy atom. The number of nitrogens with zero attached hydrogens (tertiary/aromatic N) is 1. The maximum atomic E-state index is 14.3. The number of unbranched alkanes of at least 4 members (excludes halogenated alkanes) is 12. The van der Waals surface area contributed by atoms with Crippen LogP contribution in [-0.2, 0) is 6.42 Å². The fourth-order valence-corrected chi connectivity index (χ4v) is 11.3. The number of aryl methyl sites for hydroxylation is 1. The molecule has 0 N–H and O–H groups in total. The van der Waals surface area contributed by atoms with Gasteiger partial charge in [-0.3, -0.25) is 14.2 Å². The van der Waals surface area contributed by atoms with Gasteiger partial charge in [0, 0.05) is 20.3 Å². The van der Waals surface area contributed by atoms with Crippen molar-refractivity contribution in [2.24, 2.45) is 0 Å². The van der Waals surface area contributed by atoms with E-state index in [4.69, 9.17) is 0 Å². The zero-order valence-electron chi connectivity index (χ0n) is 25.0. The van der Waals surface area contributed by atoms with Crippen LogP contribution in [0.2, 0.25) is 0 Å². The van der Waals surface area contributed by atoms with Gasteiger partial charge >= 0.3 is 0 Å². The molecule has 0 bridgehead atoms. The van der Waals surface area contributed by atoms with Crippen molar-refractivity contribution >= 4 is 84.3 Å². The van der Waals surface area contributed by atoms with Gasteiger partial charge in [0.15, 0.2) is 0 Å². The maximum Gasteiger partial charge on any atom is 0.263 e. The molecule has 0 aliphatic carbocycles. The predicted molar refractivity (Wildman–Crippen MR) is 188 cm³/mol. The molecule has 0 spiro atoms. The van der Waals surface area contributed by atoms with Crippen molar-refractivity contribution < 1.29 is 0 Å². The third-order valence-corrected chi connectivity index (χ3v) is 13.3. The van der Waals surface area contributed by atoms with Gasteiger partial charge < -0.3 is 0 Å². The van der Waals surface area contributed by atoms with Crippen LogP contribution in [0.5, 0.6) is 0 Å². The Kier molecular flexibility index (Phi) is 11.1. The minimum Gasteiger partial charge on any atom is -0.271 e. The summed E-state index contributed by atoms with van der Waals surface area (Å²) < 4.78 is 8.14. The van der Waals surface area contributed by atoms with E-state index in [9.17, 15) is 9.59 Å². The number of hydrogen-bond donors (Lipinski definition) is 0. The molecule has 0 radical (unpaired) electrons. The molecule has 222 valence electrons. The Morgan fingerprint density at radius 2 is 1.22 bits per heavy atom. The Balaban J connectivity index is 1.41. The average Bonchev–Trinajstić information content (AvgIpc) is 3.70. The molecule has 0 aliphatic heterocycles. The summed E-state index contributed by atoms with van der Waals surface area (Å²) in [6.45, 7) is 6.56. The first-order valence-electron chi connectivity index (χ1n) is 16.0. The Hall–Kier alpha value is -1.54. The topological polar surface area (TPSA) is 39.1 Å². The summed E-state index contributed by atoms with van der Waals surface area (Å²) in [5.74, 6) is 0. The third-order valence-electron chi connectivity index (χ3n) is 8.47. The molecule has 0 saturated heterocycles. The molecule has 0 fully saturated rings. The van der Waals surface area contributed by atoms with Crippen LogP contribution >= 0.6 is 45.3 Å². The van der Waals surface area contributed by atoms with Crippen molar-refractivity contribution in [3.05, 3.63) is 43.1 Å². The van der Waals surface area contributed by atoms with Crippen LogP contribution in [0.3, 0.4) is 0 Å². The first-order chi connectivity index (χ1) is 20.0. The van der Waals surface area contributed by atoms with Crippen molar-refractivity contribution in [1.82, 2.24) is 4.57 Å². The molecule has 1 atom stereocenters. The van der Waals surface area contributed by atoms with Crippen LogP contribution in [0.25, 0.3) is 39.0 Å². The van der Waals surface area contributed by atoms with Crippen molar-refractivity contribution in [2.75, 3.05) is 0 Å². The van der Waals surface area contributed by atoms with E-state index in [1.807, 2.05) is 0 Å². The molecule has 0 aliphatic rings. The van der Waals surface area contributed by atoms with Gasteiger partial charge in [-0.1, -0.05) is 97.3 Å². The van der Waals surface area contributed by atoms with Crippen molar-refractivity contribution in [2.45, 2.75) is 130 Å². The highest BCUT2D eigenvalue weighted by molar-refractivity contribution is 7.38. The number of fused-ring (bicyclic) bond motifs is 7. The molecule has 5 heterocycles. The van der Waals surface area contributed by atoms with Crippen LogP contribution in [-0.4, -0.2) is 4.57 Å². The Bertz CT molecular complexity index is 1700. The minimum atomic E-state index is -0.110. The standard InChI is InChI=1S/C34H45NO2S4/c1-4-6-8-10-11-12-13-14-15-17-19-24-22-26-30(39-24)28-32(41-26)31-27(29-25(40-31)20-21-38-29)33(36)35(34(28)37)23(3)18-16-9-7-5-2/h20-23H,4-19H2,1-3H3. The molecule has 5 aromatic heterocycles. The van der Waals surface area contributed by atoms with Gasteiger partial charge in [-0.2, -0.15) is 0 Å². The van der Waals surface area contributed by atoms with Crippen molar-refractivity contribution in [1.29, 1.82) is 0 Å². The molecule has 3 nitrogen and oxygen atoms in total. The first-order valence-corrected chi connectivity index (χ1v) is 19.3. The fraction of sp³-hybridized carbons (Fsp3) is 0.588. The second-order valence-corrected chi connectivity index (χ2v) is 15.9. The second-order valence-electron chi connectivity index (χ2n) is 11.7. The van der Waals surface area contributed by atoms with Crippen LogP contribution in [0.15, 0.2) is 27.1 Å². The first kappa shape index (κ1) is 30.9. The van der Waals surface area contributed by atoms with E-state index in [0.717, 1.165) is 60.0 Å². The Labute approximate surface area is 260 Å². The van der Waals surface area contributed by atoms with E-state index < -0.39 is 0 Å². The normalized spacial score (nSPS) is 13.0. The molecule has 0 saturated carbocycles. The van der Waals surface area contributed by atoms with Gasteiger partial charge in [0.1, 0.15) is 0 Å². The fourth-order valence-electron chi connectivity index (χ4n) is 6.11. The summed E-state index contributed by atoms with van der Waals surface area (Å²) in [6, 6.07) is 4.34. The lowest BCUT2D eigenvalue weighted by Crippen LogP contribution is -2.32. The van der Waals surface area contributed by atoms with E-state index >= 15 is 0 Å². The zero-order chi connectivity index (χ0) is 28.8. The lowest BCUT2D eigenvalue weighted by Gasteiger charge is -2.12. The largest absolute Gasteiger partial charge is 0.271 e. The minimum absolute atomic E-state index is 0.0836. The van der Waals surface area contributed by atoms with Gasteiger partial charge in [-0.25, -0.2) is 0 Å².